The van der Waals surface area contributed by atoms with E-state index >= 15 is 0 Å². The monoisotopic (exact) mass is 293 g/mol. The summed E-state index contributed by atoms with van der Waals surface area (Å²) >= 11 is 0. The number of esters is 1. The maximum absolute atomic E-state index is 12.0. The molecule has 0 aromatic heterocycles. The number of hydrogen-bond donors (Lipinski definition) is 0. The van der Waals surface area contributed by atoms with Gasteiger partial charge >= 0.3 is 5.97 Å². The number of carbonyl (C=O) groups excluding carboxylic acids is 1. The van der Waals surface area contributed by atoms with E-state index in [1.54, 1.807) is 6.08 Å². The van der Waals surface area contributed by atoms with E-state index < -0.39 is 0 Å². The molecule has 0 unspecified atom stereocenters. The molecule has 120 valence electrons. The molecule has 0 atom stereocenters. The van der Waals surface area contributed by atoms with Crippen LogP contribution in [0.1, 0.15) is 78.1 Å². The average molecular weight is 293 g/mol. The Labute approximate surface area is 129 Å². The van der Waals surface area contributed by atoms with Crippen LogP contribution in [0.5, 0.6) is 0 Å². The van der Waals surface area contributed by atoms with Gasteiger partial charge in [-0.25, -0.2) is 4.79 Å². The molecule has 2 aliphatic heterocycles. The van der Waals surface area contributed by atoms with Crippen LogP contribution in [0.25, 0.3) is 0 Å². The highest BCUT2D eigenvalue weighted by Crippen LogP contribution is 2.40. The number of hydrogen-bond acceptors (Lipinski definition) is 3. The van der Waals surface area contributed by atoms with Crippen LogP contribution in [-0.4, -0.2) is 29.6 Å². The predicted octanol–water partition coefficient (Wildman–Crippen LogP) is 4.42. The maximum Gasteiger partial charge on any atom is 0.333 e. The molecule has 0 radical (unpaired) electrons. The second kappa shape index (κ2) is 7.86. The third-order valence-electron chi connectivity index (χ3n) is 4.83. The normalized spacial score (nSPS) is 20.8. The molecule has 3 heteroatoms. The number of likely N-dealkylation sites (tertiary alicyclic amines) is 1. The van der Waals surface area contributed by atoms with E-state index in [0.717, 1.165) is 38.8 Å². The quantitative estimate of drug-likeness (QED) is 0.465. The third-order valence-corrected chi connectivity index (χ3v) is 4.83. The summed E-state index contributed by atoms with van der Waals surface area (Å²) in [6.45, 7) is 6.63. The second-order valence-corrected chi connectivity index (χ2v) is 6.55. The lowest BCUT2D eigenvalue weighted by Crippen LogP contribution is -2.39. The number of carbonyl (C=O) groups is 1. The third kappa shape index (κ3) is 4.02. The second-order valence-electron chi connectivity index (χ2n) is 6.55. The smallest absolute Gasteiger partial charge is 0.333 e. The summed E-state index contributed by atoms with van der Waals surface area (Å²) in [5.41, 5.74) is 0.878. The van der Waals surface area contributed by atoms with Gasteiger partial charge in [0.05, 0.1) is 5.70 Å². The van der Waals surface area contributed by atoms with Gasteiger partial charge in [0, 0.05) is 19.2 Å². The summed E-state index contributed by atoms with van der Waals surface area (Å²) in [4.78, 5) is 14.4. The molecule has 0 aromatic rings. The summed E-state index contributed by atoms with van der Waals surface area (Å²) in [6, 6.07) is 0. The number of nitrogens with zero attached hydrogens (tertiary/aromatic N) is 1. The Balaban J connectivity index is 2.10. The summed E-state index contributed by atoms with van der Waals surface area (Å²) in [6.07, 6.45) is 13.4. The van der Waals surface area contributed by atoms with E-state index in [-0.39, 0.29) is 11.6 Å². The minimum Gasteiger partial charge on any atom is -0.449 e. The molecule has 3 nitrogen and oxygen atoms in total. The topological polar surface area (TPSA) is 29.5 Å². The Morgan fingerprint density at radius 2 is 1.62 bits per heavy atom. The molecule has 0 amide bonds. The van der Waals surface area contributed by atoms with Gasteiger partial charge in [-0.15, -0.1) is 0 Å². The number of unbranched alkanes of at least 4 members (excludes halogenated alkanes) is 4. The molecule has 21 heavy (non-hydrogen) atoms. The van der Waals surface area contributed by atoms with Gasteiger partial charge in [-0.1, -0.05) is 39.5 Å². The van der Waals surface area contributed by atoms with Crippen molar-refractivity contribution in [1.29, 1.82) is 0 Å². The fraction of sp³-hybridized carbons (Fsp3) is 0.833. The lowest BCUT2D eigenvalue weighted by molar-refractivity contribution is -0.148. The Morgan fingerprint density at radius 1 is 1.05 bits per heavy atom. The molecular weight excluding hydrogens is 262 g/mol. The standard InChI is InChI=1S/C18H31NO2/c1-3-5-7-11-18(12-8-6-4-2)16(15-17(20)21-18)19-13-9-10-14-19/h15H,3-14H2,1-2H3. The Morgan fingerprint density at radius 3 is 2.14 bits per heavy atom. The molecule has 2 heterocycles. The fourth-order valence-electron chi connectivity index (χ4n) is 3.66. The zero-order chi connectivity index (χ0) is 15.1. The zero-order valence-electron chi connectivity index (χ0n) is 13.8. The Hall–Kier alpha value is -0.990. The van der Waals surface area contributed by atoms with Crippen molar-refractivity contribution in [2.75, 3.05) is 13.1 Å². The van der Waals surface area contributed by atoms with Gasteiger partial charge in [0.15, 0.2) is 5.60 Å². The van der Waals surface area contributed by atoms with Crippen molar-refractivity contribution < 1.29 is 9.53 Å². The SMILES string of the molecule is CCCCCC1(CCCCC)OC(=O)C=C1N1CCCC1. The lowest BCUT2D eigenvalue weighted by atomic mass is 9.87. The molecule has 0 aliphatic carbocycles. The van der Waals surface area contributed by atoms with Crippen molar-refractivity contribution in [3.63, 3.8) is 0 Å². The van der Waals surface area contributed by atoms with Crippen molar-refractivity contribution >= 4 is 5.97 Å². The van der Waals surface area contributed by atoms with E-state index in [9.17, 15) is 4.79 Å². The van der Waals surface area contributed by atoms with Crippen LogP contribution in [0, 0.1) is 0 Å². The predicted molar refractivity (Wildman–Crippen MR) is 86.0 cm³/mol. The number of ether oxygens (including phenoxy) is 1. The largest absolute Gasteiger partial charge is 0.449 e. The first-order valence-electron chi connectivity index (χ1n) is 8.92. The first-order valence-corrected chi connectivity index (χ1v) is 8.92. The average Bonchev–Trinajstić information content (AvgIpc) is 3.08. The van der Waals surface area contributed by atoms with Crippen LogP contribution in [0.3, 0.4) is 0 Å². The van der Waals surface area contributed by atoms with Crippen molar-refractivity contribution in [2.45, 2.75) is 83.7 Å². The van der Waals surface area contributed by atoms with Crippen LogP contribution < -0.4 is 0 Å². The van der Waals surface area contributed by atoms with E-state index in [4.69, 9.17) is 4.74 Å². The summed E-state index contributed by atoms with van der Waals surface area (Å²) in [5, 5.41) is 0. The molecule has 2 aliphatic rings. The van der Waals surface area contributed by atoms with Crippen LogP contribution >= 0.6 is 0 Å². The summed E-state index contributed by atoms with van der Waals surface area (Å²) in [5.74, 6) is -0.120. The lowest BCUT2D eigenvalue weighted by Gasteiger charge is -2.36. The van der Waals surface area contributed by atoms with Crippen LogP contribution in [0.2, 0.25) is 0 Å². The van der Waals surface area contributed by atoms with Crippen molar-refractivity contribution in [3.05, 3.63) is 11.8 Å². The van der Waals surface area contributed by atoms with Crippen molar-refractivity contribution in [2.24, 2.45) is 0 Å². The van der Waals surface area contributed by atoms with Crippen molar-refractivity contribution in [3.8, 4) is 0 Å². The van der Waals surface area contributed by atoms with Gasteiger partial charge in [-0.2, -0.15) is 0 Å². The number of rotatable bonds is 9. The van der Waals surface area contributed by atoms with Gasteiger partial charge in [-0.3, -0.25) is 0 Å². The van der Waals surface area contributed by atoms with Gasteiger partial charge in [0.2, 0.25) is 0 Å². The highest BCUT2D eigenvalue weighted by atomic mass is 16.6. The molecule has 1 saturated heterocycles. The van der Waals surface area contributed by atoms with E-state index in [1.807, 2.05) is 0 Å². The van der Waals surface area contributed by atoms with E-state index in [0.29, 0.717) is 0 Å². The van der Waals surface area contributed by atoms with E-state index in [2.05, 4.69) is 18.7 Å². The molecule has 0 saturated carbocycles. The minimum absolute atomic E-state index is 0.120. The Kier molecular flexibility index (Phi) is 6.13. The summed E-state index contributed by atoms with van der Waals surface area (Å²) in [7, 11) is 0. The van der Waals surface area contributed by atoms with Crippen LogP contribution in [-0.2, 0) is 9.53 Å². The molecular formula is C18H31NO2. The molecule has 0 aromatic carbocycles. The molecule has 2 rings (SSSR count). The Bertz CT molecular complexity index is 359. The zero-order valence-corrected chi connectivity index (χ0v) is 13.8. The van der Waals surface area contributed by atoms with Gasteiger partial charge in [-0.05, 0) is 38.5 Å². The van der Waals surface area contributed by atoms with Gasteiger partial charge < -0.3 is 9.64 Å². The number of cyclic esters (lactones) is 1. The fourth-order valence-corrected chi connectivity index (χ4v) is 3.66. The van der Waals surface area contributed by atoms with Gasteiger partial charge in [0.25, 0.3) is 0 Å². The van der Waals surface area contributed by atoms with Crippen LogP contribution in [0.15, 0.2) is 11.8 Å². The highest BCUT2D eigenvalue weighted by molar-refractivity contribution is 5.86. The first kappa shape index (κ1) is 16.4. The van der Waals surface area contributed by atoms with Crippen molar-refractivity contribution in [1.82, 2.24) is 4.90 Å². The highest BCUT2D eigenvalue weighted by Gasteiger charge is 2.45. The minimum atomic E-state index is -0.314. The maximum atomic E-state index is 12.0. The first-order chi connectivity index (χ1) is 10.2. The summed E-state index contributed by atoms with van der Waals surface area (Å²) < 4.78 is 5.89. The van der Waals surface area contributed by atoms with Gasteiger partial charge in [0.1, 0.15) is 0 Å². The van der Waals surface area contributed by atoms with E-state index in [1.165, 1.54) is 44.2 Å². The molecule has 0 bridgehead atoms. The van der Waals surface area contributed by atoms with Crippen LogP contribution in [0.4, 0.5) is 0 Å². The molecule has 0 N–H and O–H groups in total. The molecule has 1 fully saturated rings. The molecule has 0 spiro atoms.